The molecule has 22 heavy (non-hydrogen) atoms. The molecule has 0 spiro atoms. The summed E-state index contributed by atoms with van der Waals surface area (Å²) in [6.45, 7) is 0. The molecule has 6 nitrogen and oxygen atoms in total. The molecule has 0 aromatic heterocycles. The van der Waals surface area contributed by atoms with Crippen LogP contribution in [-0.2, 0) is 0 Å². The van der Waals surface area contributed by atoms with E-state index >= 15 is 0 Å². The van der Waals surface area contributed by atoms with Crippen LogP contribution in [0.15, 0.2) is 68.3 Å². The molecule has 0 amide bonds. The number of para-hydroxylation sites is 2. The van der Waals surface area contributed by atoms with Crippen LogP contribution in [0.4, 0.5) is 11.4 Å². The molecule has 0 saturated heterocycles. The van der Waals surface area contributed by atoms with Crippen LogP contribution in [0.1, 0.15) is 0 Å². The summed E-state index contributed by atoms with van der Waals surface area (Å²) >= 11 is 0. The van der Waals surface area contributed by atoms with Gasteiger partial charge in [-0.15, -0.1) is 0 Å². The van der Waals surface area contributed by atoms with Gasteiger partial charge in [-0.1, -0.05) is 45.9 Å². The Hall–Kier alpha value is -2.32. The van der Waals surface area contributed by atoms with E-state index in [2.05, 4.69) is 9.98 Å². The Balaban J connectivity index is 2.21. The van der Waals surface area contributed by atoms with Crippen molar-refractivity contribution >= 4 is 44.9 Å². The van der Waals surface area contributed by atoms with Crippen molar-refractivity contribution in [3.8, 4) is 0 Å². The normalized spacial score (nSPS) is 10.0. The van der Waals surface area contributed by atoms with Gasteiger partial charge in [-0.25, -0.2) is 9.98 Å². The highest BCUT2D eigenvalue weighted by Crippen LogP contribution is 2.44. The number of guanidine groups is 2. The van der Waals surface area contributed by atoms with Crippen molar-refractivity contribution in [3.63, 3.8) is 0 Å². The van der Waals surface area contributed by atoms with Gasteiger partial charge in [-0.3, -0.25) is 0 Å². The summed E-state index contributed by atoms with van der Waals surface area (Å²) in [7, 11) is 3.06. The number of nitrogens with two attached hydrogens (primary N) is 4. The smallest absolute Gasteiger partial charge is 0.191 e. The fraction of sp³-hybridized carbons (Fsp3) is 0. The Bertz CT molecular complexity index is 644. The summed E-state index contributed by atoms with van der Waals surface area (Å²) in [6, 6.07) is 15.2. The number of hydrogen-bond acceptors (Lipinski definition) is 4. The first kappa shape index (κ1) is 16.1. The predicted molar refractivity (Wildman–Crippen MR) is 95.5 cm³/mol. The second-order valence-corrected chi connectivity index (χ2v) is 6.39. The third kappa shape index (κ3) is 4.61. The Labute approximate surface area is 136 Å². The number of nitrogens with zero attached hydrogens (tertiary/aromatic N) is 2. The molecule has 0 bridgehead atoms. The fourth-order valence-corrected chi connectivity index (χ4v) is 3.84. The SMILES string of the molecule is NC(N)=Nc1ccccc1SSc1ccccc1N=C(N)N. The molecule has 0 unspecified atom stereocenters. The highest BCUT2D eigenvalue weighted by Gasteiger charge is 2.06. The van der Waals surface area contributed by atoms with Crippen LogP contribution in [0.25, 0.3) is 0 Å². The van der Waals surface area contributed by atoms with Crippen molar-refractivity contribution in [2.45, 2.75) is 9.79 Å². The second kappa shape index (κ2) is 7.62. The van der Waals surface area contributed by atoms with Crippen molar-refractivity contribution in [1.29, 1.82) is 0 Å². The van der Waals surface area contributed by atoms with Gasteiger partial charge in [0.05, 0.1) is 11.4 Å². The van der Waals surface area contributed by atoms with E-state index in [1.54, 1.807) is 0 Å². The van der Waals surface area contributed by atoms with Gasteiger partial charge in [-0.2, -0.15) is 0 Å². The van der Waals surface area contributed by atoms with E-state index in [1.807, 2.05) is 48.5 Å². The Morgan fingerprint density at radius 1 is 0.636 bits per heavy atom. The van der Waals surface area contributed by atoms with Crippen molar-refractivity contribution in [2.24, 2.45) is 32.9 Å². The monoisotopic (exact) mass is 332 g/mol. The molecule has 0 aliphatic heterocycles. The number of rotatable bonds is 5. The van der Waals surface area contributed by atoms with Gasteiger partial charge in [-0.05, 0) is 24.3 Å². The minimum Gasteiger partial charge on any atom is -0.370 e. The zero-order chi connectivity index (χ0) is 15.9. The van der Waals surface area contributed by atoms with E-state index in [0.29, 0.717) is 0 Å². The van der Waals surface area contributed by atoms with Crippen molar-refractivity contribution in [1.82, 2.24) is 0 Å². The van der Waals surface area contributed by atoms with Crippen LogP contribution in [0, 0.1) is 0 Å². The van der Waals surface area contributed by atoms with Crippen LogP contribution in [0.5, 0.6) is 0 Å². The molecule has 0 radical (unpaired) electrons. The van der Waals surface area contributed by atoms with Crippen LogP contribution < -0.4 is 22.9 Å². The quantitative estimate of drug-likeness (QED) is 0.378. The lowest BCUT2D eigenvalue weighted by Crippen LogP contribution is -2.22. The Kier molecular flexibility index (Phi) is 5.56. The average Bonchev–Trinajstić information content (AvgIpc) is 2.46. The first-order valence-electron chi connectivity index (χ1n) is 6.28. The van der Waals surface area contributed by atoms with Gasteiger partial charge >= 0.3 is 0 Å². The van der Waals surface area contributed by atoms with Crippen molar-refractivity contribution in [2.75, 3.05) is 0 Å². The molecule has 0 fully saturated rings. The molecule has 2 rings (SSSR count). The molecule has 0 aliphatic carbocycles. The van der Waals surface area contributed by atoms with E-state index in [-0.39, 0.29) is 11.9 Å². The maximum Gasteiger partial charge on any atom is 0.191 e. The maximum atomic E-state index is 5.45. The highest BCUT2D eigenvalue weighted by atomic mass is 33.1. The van der Waals surface area contributed by atoms with Crippen molar-refractivity contribution in [3.05, 3.63) is 48.5 Å². The third-order valence-electron chi connectivity index (χ3n) is 2.45. The lowest BCUT2D eigenvalue weighted by Gasteiger charge is -2.07. The number of benzene rings is 2. The van der Waals surface area contributed by atoms with Crippen LogP contribution >= 0.6 is 21.6 Å². The summed E-state index contributed by atoms with van der Waals surface area (Å²) in [6.07, 6.45) is 0. The highest BCUT2D eigenvalue weighted by molar-refractivity contribution is 8.76. The first-order chi connectivity index (χ1) is 10.6. The summed E-state index contributed by atoms with van der Waals surface area (Å²) in [5.41, 5.74) is 23.2. The minimum atomic E-state index is 0.0268. The Morgan fingerprint density at radius 3 is 1.36 bits per heavy atom. The molecule has 114 valence electrons. The average molecular weight is 332 g/mol. The van der Waals surface area contributed by atoms with E-state index in [1.165, 1.54) is 21.6 Å². The summed E-state index contributed by atoms with van der Waals surface area (Å²) < 4.78 is 0. The van der Waals surface area contributed by atoms with Gasteiger partial charge in [0, 0.05) is 9.79 Å². The molecule has 8 N–H and O–H groups in total. The van der Waals surface area contributed by atoms with Crippen molar-refractivity contribution < 1.29 is 0 Å². The Morgan fingerprint density at radius 2 is 1.00 bits per heavy atom. The molecule has 2 aromatic rings. The van der Waals surface area contributed by atoms with Gasteiger partial charge in [0.15, 0.2) is 11.9 Å². The van der Waals surface area contributed by atoms with Gasteiger partial charge in [0.2, 0.25) is 0 Å². The lowest BCUT2D eigenvalue weighted by molar-refractivity contribution is 1.34. The van der Waals surface area contributed by atoms with E-state index in [0.717, 1.165) is 21.2 Å². The third-order valence-corrected chi connectivity index (χ3v) is 4.91. The van der Waals surface area contributed by atoms with Gasteiger partial charge in [0.25, 0.3) is 0 Å². The number of hydrogen-bond donors (Lipinski definition) is 4. The molecular weight excluding hydrogens is 316 g/mol. The molecule has 2 aromatic carbocycles. The van der Waals surface area contributed by atoms with E-state index in [9.17, 15) is 0 Å². The van der Waals surface area contributed by atoms with Gasteiger partial charge in [0.1, 0.15) is 0 Å². The minimum absolute atomic E-state index is 0.0268. The van der Waals surface area contributed by atoms with Crippen LogP contribution in [0.3, 0.4) is 0 Å². The summed E-state index contributed by atoms with van der Waals surface area (Å²) in [4.78, 5) is 10.1. The first-order valence-corrected chi connectivity index (χ1v) is 8.43. The largest absolute Gasteiger partial charge is 0.370 e. The molecule has 0 saturated carbocycles. The summed E-state index contributed by atoms with van der Waals surface area (Å²) in [5.74, 6) is 0.0536. The topological polar surface area (TPSA) is 129 Å². The fourth-order valence-electron chi connectivity index (χ4n) is 1.61. The van der Waals surface area contributed by atoms with Gasteiger partial charge < -0.3 is 22.9 Å². The zero-order valence-electron chi connectivity index (χ0n) is 11.6. The molecule has 8 heteroatoms. The lowest BCUT2D eigenvalue weighted by atomic mass is 10.3. The standard InChI is InChI=1S/C14H16N6S2/c15-13(16)19-9-5-1-3-7-11(9)21-22-12-8-4-2-6-10(12)20-14(17)18/h1-8H,(H4,15,16,19)(H4,17,18,20). The predicted octanol–water partition coefficient (Wildman–Crippen LogP) is 2.30. The maximum absolute atomic E-state index is 5.45. The summed E-state index contributed by atoms with van der Waals surface area (Å²) in [5, 5.41) is 0. The molecular formula is C14H16N6S2. The van der Waals surface area contributed by atoms with E-state index in [4.69, 9.17) is 22.9 Å². The second-order valence-electron chi connectivity index (χ2n) is 4.18. The molecule has 0 heterocycles. The molecule has 0 aliphatic rings. The van der Waals surface area contributed by atoms with E-state index < -0.39 is 0 Å². The number of aliphatic imine (C=N–C) groups is 2. The zero-order valence-corrected chi connectivity index (χ0v) is 13.3. The van der Waals surface area contributed by atoms with Crippen LogP contribution in [0.2, 0.25) is 0 Å². The molecule has 0 atom stereocenters. The van der Waals surface area contributed by atoms with Crippen LogP contribution in [-0.4, -0.2) is 11.9 Å².